The molecule has 0 bridgehead atoms. The number of nitrogens with one attached hydrogen (secondary N) is 1. The summed E-state index contributed by atoms with van der Waals surface area (Å²) in [5.74, 6) is 0.883. The van der Waals surface area contributed by atoms with E-state index >= 15 is 0 Å². The first kappa shape index (κ1) is 14.0. The lowest BCUT2D eigenvalue weighted by atomic mass is 10.1. The minimum atomic E-state index is 0.765. The molecule has 3 nitrogen and oxygen atoms in total. The largest absolute Gasteiger partial charge is 0.373 e. The number of pyridine rings is 1. The van der Waals surface area contributed by atoms with Gasteiger partial charge in [-0.25, -0.2) is 4.98 Å². The van der Waals surface area contributed by atoms with Gasteiger partial charge in [0.2, 0.25) is 0 Å². The van der Waals surface area contributed by atoms with E-state index in [1.165, 1.54) is 12.8 Å². The Morgan fingerprint density at radius 3 is 2.78 bits per heavy atom. The molecule has 1 fully saturated rings. The second kappa shape index (κ2) is 6.64. The molecule has 2 rings (SSSR count). The minimum Gasteiger partial charge on any atom is -0.373 e. The molecule has 18 heavy (non-hydrogen) atoms. The van der Waals surface area contributed by atoms with Crippen LogP contribution in [-0.4, -0.2) is 41.5 Å². The van der Waals surface area contributed by atoms with Crippen LogP contribution in [-0.2, 0) is 6.54 Å². The molecule has 0 spiro atoms. The molecule has 1 aromatic rings. The molecule has 0 saturated carbocycles. The number of nitrogens with zero attached hydrogens (tertiary/aromatic N) is 2. The summed E-state index contributed by atoms with van der Waals surface area (Å²) in [4.78, 5) is 6.98. The summed E-state index contributed by atoms with van der Waals surface area (Å²) < 4.78 is 0. The van der Waals surface area contributed by atoms with Crippen molar-refractivity contribution in [1.82, 2.24) is 9.88 Å². The SMILES string of the molecule is CNc1ccc(Cl)c(CN2CCC(SC)CC2)n1. The van der Waals surface area contributed by atoms with Gasteiger partial charge in [0, 0.05) is 18.8 Å². The molecule has 0 aromatic carbocycles. The van der Waals surface area contributed by atoms with E-state index in [4.69, 9.17) is 11.6 Å². The highest BCUT2D eigenvalue weighted by molar-refractivity contribution is 7.99. The predicted molar refractivity (Wildman–Crippen MR) is 80.6 cm³/mol. The van der Waals surface area contributed by atoms with E-state index in [1.807, 2.05) is 30.9 Å². The van der Waals surface area contributed by atoms with Crippen LogP contribution >= 0.6 is 23.4 Å². The summed E-state index contributed by atoms with van der Waals surface area (Å²) in [6, 6.07) is 3.83. The minimum absolute atomic E-state index is 0.765. The highest BCUT2D eigenvalue weighted by atomic mass is 35.5. The molecule has 0 aliphatic carbocycles. The molecule has 0 amide bonds. The van der Waals surface area contributed by atoms with E-state index in [9.17, 15) is 0 Å². The third kappa shape index (κ3) is 3.53. The fourth-order valence-corrected chi connectivity index (χ4v) is 3.10. The number of thioether (sulfide) groups is 1. The lowest BCUT2D eigenvalue weighted by Gasteiger charge is -2.31. The van der Waals surface area contributed by atoms with Gasteiger partial charge in [-0.05, 0) is 44.3 Å². The highest BCUT2D eigenvalue weighted by Crippen LogP contribution is 2.24. The summed E-state index contributed by atoms with van der Waals surface area (Å²) in [5.41, 5.74) is 0.978. The number of anilines is 1. The van der Waals surface area contributed by atoms with Gasteiger partial charge in [0.05, 0.1) is 10.7 Å². The maximum absolute atomic E-state index is 6.21. The predicted octanol–water partition coefficient (Wildman–Crippen LogP) is 3.10. The van der Waals surface area contributed by atoms with Gasteiger partial charge in [-0.15, -0.1) is 0 Å². The Kier molecular flexibility index (Phi) is 5.15. The van der Waals surface area contributed by atoms with Gasteiger partial charge >= 0.3 is 0 Å². The normalized spacial score (nSPS) is 17.9. The number of hydrogen-bond donors (Lipinski definition) is 1. The van der Waals surface area contributed by atoms with E-state index in [1.54, 1.807) is 0 Å². The van der Waals surface area contributed by atoms with Gasteiger partial charge in [0.25, 0.3) is 0 Å². The van der Waals surface area contributed by atoms with E-state index in [2.05, 4.69) is 21.5 Å². The third-order valence-corrected chi connectivity index (χ3v) is 4.90. The van der Waals surface area contributed by atoms with Crippen LogP contribution in [0, 0.1) is 0 Å². The van der Waals surface area contributed by atoms with Gasteiger partial charge in [-0.2, -0.15) is 11.8 Å². The van der Waals surface area contributed by atoms with Crippen LogP contribution in [0.4, 0.5) is 5.82 Å². The maximum Gasteiger partial charge on any atom is 0.126 e. The Morgan fingerprint density at radius 2 is 2.17 bits per heavy atom. The van der Waals surface area contributed by atoms with E-state index < -0.39 is 0 Å². The lowest BCUT2D eigenvalue weighted by molar-refractivity contribution is 0.222. The summed E-state index contributed by atoms with van der Waals surface area (Å²) in [6.07, 6.45) is 4.74. The van der Waals surface area contributed by atoms with Crippen LogP contribution in [0.25, 0.3) is 0 Å². The molecule has 1 saturated heterocycles. The number of aromatic nitrogens is 1. The zero-order valence-electron chi connectivity index (χ0n) is 10.9. The Balaban J connectivity index is 1.97. The van der Waals surface area contributed by atoms with Crippen LogP contribution < -0.4 is 5.32 Å². The maximum atomic E-state index is 6.21. The van der Waals surface area contributed by atoms with Crippen molar-refractivity contribution in [3.05, 3.63) is 22.8 Å². The van der Waals surface area contributed by atoms with Crippen molar-refractivity contribution in [2.24, 2.45) is 0 Å². The lowest BCUT2D eigenvalue weighted by Crippen LogP contribution is -2.34. The molecule has 100 valence electrons. The average molecular weight is 286 g/mol. The molecular weight excluding hydrogens is 266 g/mol. The molecule has 0 atom stereocenters. The second-order valence-electron chi connectivity index (χ2n) is 4.59. The number of piperidine rings is 1. The number of halogens is 1. The van der Waals surface area contributed by atoms with E-state index in [-0.39, 0.29) is 0 Å². The van der Waals surface area contributed by atoms with Crippen molar-refractivity contribution in [3.8, 4) is 0 Å². The number of hydrogen-bond acceptors (Lipinski definition) is 4. The molecule has 1 aromatic heterocycles. The zero-order chi connectivity index (χ0) is 13.0. The summed E-state index contributed by atoms with van der Waals surface area (Å²) in [6.45, 7) is 3.15. The molecule has 0 radical (unpaired) electrons. The monoisotopic (exact) mass is 285 g/mol. The van der Waals surface area contributed by atoms with Gasteiger partial charge in [0.15, 0.2) is 0 Å². The van der Waals surface area contributed by atoms with Gasteiger partial charge in [-0.1, -0.05) is 11.6 Å². The van der Waals surface area contributed by atoms with Crippen molar-refractivity contribution < 1.29 is 0 Å². The first-order chi connectivity index (χ1) is 8.72. The van der Waals surface area contributed by atoms with Crippen molar-refractivity contribution >= 4 is 29.2 Å². The molecule has 1 aliphatic heterocycles. The second-order valence-corrected chi connectivity index (χ2v) is 6.13. The van der Waals surface area contributed by atoms with Crippen LogP contribution in [0.5, 0.6) is 0 Å². The fourth-order valence-electron chi connectivity index (χ4n) is 2.25. The van der Waals surface area contributed by atoms with Crippen LogP contribution in [0.15, 0.2) is 12.1 Å². The molecule has 0 unspecified atom stereocenters. The van der Waals surface area contributed by atoms with Crippen molar-refractivity contribution in [2.45, 2.75) is 24.6 Å². The van der Waals surface area contributed by atoms with E-state index in [0.29, 0.717) is 0 Å². The summed E-state index contributed by atoms with van der Waals surface area (Å²) >= 11 is 8.19. The standard InChI is InChI=1S/C13H20ClN3S/c1-15-13-4-3-11(14)12(16-13)9-17-7-5-10(18-2)6-8-17/h3-4,10H,5-9H2,1-2H3,(H,15,16). The van der Waals surface area contributed by atoms with Gasteiger partial charge < -0.3 is 5.32 Å². The first-order valence-corrected chi connectivity index (χ1v) is 7.98. The molecule has 2 heterocycles. The Bertz CT molecular complexity index is 392. The quantitative estimate of drug-likeness (QED) is 0.920. The Labute approximate surface area is 118 Å². The van der Waals surface area contributed by atoms with Crippen LogP contribution in [0.3, 0.4) is 0 Å². The Morgan fingerprint density at radius 1 is 1.44 bits per heavy atom. The van der Waals surface area contributed by atoms with Crippen molar-refractivity contribution in [3.63, 3.8) is 0 Å². The van der Waals surface area contributed by atoms with E-state index in [0.717, 1.165) is 41.4 Å². The Hall–Kier alpha value is -0.450. The number of likely N-dealkylation sites (tertiary alicyclic amines) is 1. The fraction of sp³-hybridized carbons (Fsp3) is 0.615. The first-order valence-electron chi connectivity index (χ1n) is 6.31. The molecule has 5 heteroatoms. The van der Waals surface area contributed by atoms with Gasteiger partial charge in [-0.3, -0.25) is 4.90 Å². The smallest absolute Gasteiger partial charge is 0.126 e. The van der Waals surface area contributed by atoms with Crippen LogP contribution in [0.1, 0.15) is 18.5 Å². The zero-order valence-corrected chi connectivity index (χ0v) is 12.5. The molecular formula is C13H20ClN3S. The number of rotatable bonds is 4. The summed E-state index contributed by atoms with van der Waals surface area (Å²) in [5, 5.41) is 4.65. The third-order valence-electron chi connectivity index (χ3n) is 3.42. The topological polar surface area (TPSA) is 28.2 Å². The van der Waals surface area contributed by atoms with Crippen molar-refractivity contribution in [1.29, 1.82) is 0 Å². The molecule has 1 aliphatic rings. The van der Waals surface area contributed by atoms with Crippen molar-refractivity contribution in [2.75, 3.05) is 31.7 Å². The average Bonchev–Trinajstić information content (AvgIpc) is 2.42. The highest BCUT2D eigenvalue weighted by Gasteiger charge is 2.19. The van der Waals surface area contributed by atoms with Gasteiger partial charge in [0.1, 0.15) is 5.82 Å². The van der Waals surface area contributed by atoms with Crippen LogP contribution in [0.2, 0.25) is 5.02 Å². The summed E-state index contributed by atoms with van der Waals surface area (Å²) in [7, 11) is 1.88. The molecule has 1 N–H and O–H groups in total.